The first-order valence-electron chi connectivity index (χ1n) is 11.9. The molecule has 4 rings (SSSR count). The van der Waals surface area contributed by atoms with E-state index in [0.717, 1.165) is 44.2 Å². The summed E-state index contributed by atoms with van der Waals surface area (Å²) in [4.78, 5) is 29.8. The van der Waals surface area contributed by atoms with Crippen LogP contribution < -0.4 is 15.4 Å². The van der Waals surface area contributed by atoms with Gasteiger partial charge in [-0.2, -0.15) is 0 Å². The molecule has 2 amide bonds. The maximum atomic E-state index is 13.0. The zero-order chi connectivity index (χ0) is 24.6. The van der Waals surface area contributed by atoms with Crippen LogP contribution in [0.3, 0.4) is 0 Å². The monoisotopic (exact) mass is 472 g/mol. The largest absolute Gasteiger partial charge is 0.497 e. The molecule has 0 spiro atoms. The number of methoxy groups -OCH3 is 1. The number of nitrogens with one attached hydrogen (secondary N) is 2. The second-order valence-corrected chi connectivity index (χ2v) is 8.71. The van der Waals surface area contributed by atoms with E-state index in [9.17, 15) is 9.59 Å². The lowest BCUT2D eigenvalue weighted by molar-refractivity contribution is -0.133. The van der Waals surface area contributed by atoms with Gasteiger partial charge >= 0.3 is 0 Å². The Hall–Kier alpha value is -3.84. The molecule has 1 saturated heterocycles. The molecule has 0 aliphatic carbocycles. The van der Waals surface area contributed by atoms with Gasteiger partial charge in [-0.3, -0.25) is 14.5 Å². The van der Waals surface area contributed by atoms with Gasteiger partial charge in [-0.25, -0.2) is 0 Å². The standard InChI is InChI=1S/C28H32N4O3/c1-21(28(34)32-18-16-31(17-19-32)20-22-6-4-3-5-7-22)29-24-10-8-23(9-11-24)27(33)30-25-12-14-26(35-2)15-13-25/h3-15,21,29H,16-20H2,1-2H3,(H,30,33). The summed E-state index contributed by atoms with van der Waals surface area (Å²) in [5.41, 5.74) is 3.33. The number of rotatable bonds is 8. The molecule has 1 heterocycles. The van der Waals surface area contributed by atoms with Crippen molar-refractivity contribution in [2.75, 3.05) is 43.9 Å². The van der Waals surface area contributed by atoms with Crippen LogP contribution in [0.2, 0.25) is 0 Å². The summed E-state index contributed by atoms with van der Waals surface area (Å²) in [5, 5.41) is 6.14. The molecule has 0 radical (unpaired) electrons. The number of hydrogen-bond donors (Lipinski definition) is 2. The minimum Gasteiger partial charge on any atom is -0.497 e. The molecule has 1 fully saturated rings. The second kappa shape index (κ2) is 11.5. The molecule has 35 heavy (non-hydrogen) atoms. The summed E-state index contributed by atoms with van der Waals surface area (Å²) < 4.78 is 5.14. The fourth-order valence-electron chi connectivity index (χ4n) is 4.15. The maximum Gasteiger partial charge on any atom is 0.255 e. The fraction of sp³-hybridized carbons (Fsp3) is 0.286. The van der Waals surface area contributed by atoms with Gasteiger partial charge < -0.3 is 20.3 Å². The quantitative estimate of drug-likeness (QED) is 0.517. The molecular formula is C28H32N4O3. The van der Waals surface area contributed by atoms with Crippen molar-refractivity contribution in [2.45, 2.75) is 19.5 Å². The molecule has 2 N–H and O–H groups in total. The number of anilines is 2. The molecule has 3 aromatic carbocycles. The maximum absolute atomic E-state index is 13.0. The second-order valence-electron chi connectivity index (χ2n) is 8.71. The molecule has 0 aromatic heterocycles. The van der Waals surface area contributed by atoms with Gasteiger partial charge in [0.15, 0.2) is 0 Å². The Morgan fingerprint density at radius 3 is 2.11 bits per heavy atom. The summed E-state index contributed by atoms with van der Waals surface area (Å²) in [6.45, 7) is 5.97. The van der Waals surface area contributed by atoms with E-state index in [0.29, 0.717) is 11.3 Å². The highest BCUT2D eigenvalue weighted by Gasteiger charge is 2.25. The highest BCUT2D eigenvalue weighted by atomic mass is 16.5. The number of benzene rings is 3. The Bertz CT molecular complexity index is 1110. The molecule has 1 unspecified atom stereocenters. The fourth-order valence-corrected chi connectivity index (χ4v) is 4.15. The minimum atomic E-state index is -0.352. The van der Waals surface area contributed by atoms with Gasteiger partial charge in [-0.1, -0.05) is 30.3 Å². The van der Waals surface area contributed by atoms with Gasteiger partial charge in [0.1, 0.15) is 11.8 Å². The zero-order valence-corrected chi connectivity index (χ0v) is 20.2. The lowest BCUT2D eigenvalue weighted by Crippen LogP contribution is -2.51. The van der Waals surface area contributed by atoms with Gasteiger partial charge in [-0.15, -0.1) is 0 Å². The van der Waals surface area contributed by atoms with Crippen LogP contribution in [0.4, 0.5) is 11.4 Å². The summed E-state index contributed by atoms with van der Waals surface area (Å²) >= 11 is 0. The van der Waals surface area contributed by atoms with Gasteiger partial charge in [0.2, 0.25) is 5.91 Å². The smallest absolute Gasteiger partial charge is 0.255 e. The van der Waals surface area contributed by atoms with E-state index in [1.54, 1.807) is 43.5 Å². The van der Waals surface area contributed by atoms with E-state index in [4.69, 9.17) is 4.74 Å². The molecule has 0 bridgehead atoms. The third-order valence-corrected chi connectivity index (χ3v) is 6.18. The Labute approximate surface area is 206 Å². The van der Waals surface area contributed by atoms with Crippen molar-refractivity contribution in [3.05, 3.63) is 90.0 Å². The number of nitrogens with zero attached hydrogens (tertiary/aromatic N) is 2. The first kappa shape index (κ1) is 24.3. The Balaban J connectivity index is 1.25. The number of hydrogen-bond acceptors (Lipinski definition) is 5. The van der Waals surface area contributed by atoms with Crippen LogP contribution in [-0.4, -0.2) is 60.9 Å². The topological polar surface area (TPSA) is 73.9 Å². The Morgan fingerprint density at radius 2 is 1.49 bits per heavy atom. The third-order valence-electron chi connectivity index (χ3n) is 6.18. The Kier molecular flexibility index (Phi) is 8.00. The summed E-state index contributed by atoms with van der Waals surface area (Å²) in [5.74, 6) is 0.626. The van der Waals surface area contributed by atoms with Crippen molar-refractivity contribution in [1.29, 1.82) is 0 Å². The van der Waals surface area contributed by atoms with Crippen molar-refractivity contribution < 1.29 is 14.3 Å². The number of piperazine rings is 1. The summed E-state index contributed by atoms with van der Waals surface area (Å²) in [6.07, 6.45) is 0. The van der Waals surface area contributed by atoms with Gasteiger partial charge in [0, 0.05) is 49.7 Å². The van der Waals surface area contributed by atoms with E-state index >= 15 is 0 Å². The number of ether oxygens (including phenoxy) is 1. The van der Waals surface area contributed by atoms with E-state index in [1.165, 1.54) is 5.56 Å². The van der Waals surface area contributed by atoms with Crippen molar-refractivity contribution in [3.63, 3.8) is 0 Å². The molecule has 0 saturated carbocycles. The summed E-state index contributed by atoms with van der Waals surface area (Å²) in [7, 11) is 1.60. The predicted octanol–water partition coefficient (Wildman–Crippen LogP) is 4.09. The van der Waals surface area contributed by atoms with Crippen molar-refractivity contribution in [1.82, 2.24) is 9.80 Å². The van der Waals surface area contributed by atoms with Crippen molar-refractivity contribution in [3.8, 4) is 5.75 Å². The first-order chi connectivity index (χ1) is 17.0. The van der Waals surface area contributed by atoms with Gasteiger partial charge in [0.05, 0.1) is 7.11 Å². The first-order valence-corrected chi connectivity index (χ1v) is 11.9. The van der Waals surface area contributed by atoms with Crippen LogP contribution in [0.1, 0.15) is 22.8 Å². The molecular weight excluding hydrogens is 440 g/mol. The van der Waals surface area contributed by atoms with Crippen LogP contribution >= 0.6 is 0 Å². The van der Waals surface area contributed by atoms with E-state index in [1.807, 2.05) is 30.0 Å². The van der Waals surface area contributed by atoms with Gasteiger partial charge in [0.25, 0.3) is 5.91 Å². The van der Waals surface area contributed by atoms with Crippen LogP contribution in [0.5, 0.6) is 5.75 Å². The SMILES string of the molecule is COc1ccc(NC(=O)c2ccc(NC(C)C(=O)N3CCN(Cc4ccccc4)CC3)cc2)cc1. The van der Waals surface area contributed by atoms with Crippen LogP contribution in [0.25, 0.3) is 0 Å². The van der Waals surface area contributed by atoms with Crippen LogP contribution in [0.15, 0.2) is 78.9 Å². The normalized spacial score (nSPS) is 14.7. The lowest BCUT2D eigenvalue weighted by atomic mass is 10.1. The van der Waals surface area contributed by atoms with E-state index in [2.05, 4.69) is 39.8 Å². The van der Waals surface area contributed by atoms with E-state index < -0.39 is 0 Å². The third kappa shape index (κ3) is 6.61. The molecule has 7 nitrogen and oxygen atoms in total. The summed E-state index contributed by atoms with van der Waals surface area (Å²) in [6, 6.07) is 24.4. The number of amides is 2. The molecule has 1 aliphatic heterocycles. The van der Waals surface area contributed by atoms with Crippen LogP contribution in [-0.2, 0) is 11.3 Å². The molecule has 182 valence electrons. The average molecular weight is 473 g/mol. The molecule has 1 aliphatic rings. The van der Waals surface area contributed by atoms with Crippen LogP contribution in [0, 0.1) is 0 Å². The Morgan fingerprint density at radius 1 is 0.857 bits per heavy atom. The number of carbonyl (C=O) groups excluding carboxylic acids is 2. The average Bonchev–Trinajstić information content (AvgIpc) is 2.90. The molecule has 3 aromatic rings. The van der Waals surface area contributed by atoms with Crippen molar-refractivity contribution >= 4 is 23.2 Å². The lowest BCUT2D eigenvalue weighted by Gasteiger charge is -2.36. The highest BCUT2D eigenvalue weighted by Crippen LogP contribution is 2.18. The number of carbonyl (C=O) groups is 2. The highest BCUT2D eigenvalue weighted by molar-refractivity contribution is 6.04. The predicted molar refractivity (Wildman–Crippen MR) is 139 cm³/mol. The molecule has 1 atom stereocenters. The minimum absolute atomic E-state index is 0.0886. The van der Waals surface area contributed by atoms with Crippen molar-refractivity contribution in [2.24, 2.45) is 0 Å². The zero-order valence-electron chi connectivity index (χ0n) is 20.2. The van der Waals surface area contributed by atoms with E-state index in [-0.39, 0.29) is 17.9 Å². The van der Waals surface area contributed by atoms with Gasteiger partial charge in [-0.05, 0) is 61.0 Å². The molecule has 7 heteroatoms.